The van der Waals surface area contributed by atoms with Crippen LogP contribution >= 0.6 is 0 Å². The molecular weight excluding hydrogens is 232 g/mol. The first-order valence-corrected chi connectivity index (χ1v) is 6.62. The zero-order valence-electron chi connectivity index (χ0n) is 11.3. The van der Waals surface area contributed by atoms with Crippen LogP contribution in [0.1, 0.15) is 26.7 Å². The van der Waals surface area contributed by atoms with Gasteiger partial charge in [0.1, 0.15) is 0 Å². The van der Waals surface area contributed by atoms with Gasteiger partial charge in [-0.1, -0.05) is 19.0 Å². The predicted octanol–water partition coefficient (Wildman–Crippen LogP) is 0.313. The Labute approximate surface area is 108 Å². The third-order valence-electron chi connectivity index (χ3n) is 3.40. The van der Waals surface area contributed by atoms with Crippen LogP contribution in [-0.4, -0.2) is 59.5 Å². The maximum absolute atomic E-state index is 12.2. The molecule has 0 spiro atoms. The standard InChI is InChI=1S/C12H24N4O2/c1-3-5-15-6-8-16(9-7-15)12(17)10(4-2)11(13)14-18/h10,18H,3-9H2,1-2H3,(H2,13,14). The van der Waals surface area contributed by atoms with Gasteiger partial charge in [-0.2, -0.15) is 0 Å². The molecule has 0 aromatic carbocycles. The Morgan fingerprint density at radius 2 is 1.94 bits per heavy atom. The van der Waals surface area contributed by atoms with Crippen LogP contribution in [-0.2, 0) is 4.79 Å². The van der Waals surface area contributed by atoms with Crippen molar-refractivity contribution in [3.05, 3.63) is 0 Å². The van der Waals surface area contributed by atoms with Crippen LogP contribution in [0.4, 0.5) is 0 Å². The summed E-state index contributed by atoms with van der Waals surface area (Å²) in [5.74, 6) is -0.504. The van der Waals surface area contributed by atoms with Crippen LogP contribution < -0.4 is 5.73 Å². The Hall–Kier alpha value is -1.30. The highest BCUT2D eigenvalue weighted by molar-refractivity contribution is 6.02. The van der Waals surface area contributed by atoms with E-state index in [0.717, 1.165) is 39.1 Å². The molecule has 18 heavy (non-hydrogen) atoms. The molecule has 1 unspecified atom stereocenters. The minimum atomic E-state index is -0.493. The van der Waals surface area contributed by atoms with Crippen molar-refractivity contribution in [1.29, 1.82) is 0 Å². The number of hydrogen-bond donors (Lipinski definition) is 2. The fourth-order valence-electron chi connectivity index (χ4n) is 2.31. The fraction of sp³-hybridized carbons (Fsp3) is 0.833. The molecule has 0 bridgehead atoms. The van der Waals surface area contributed by atoms with E-state index in [1.807, 2.05) is 11.8 Å². The van der Waals surface area contributed by atoms with E-state index in [2.05, 4.69) is 17.0 Å². The van der Waals surface area contributed by atoms with E-state index in [4.69, 9.17) is 10.9 Å². The lowest BCUT2D eigenvalue weighted by molar-refractivity contribution is -0.135. The molecule has 104 valence electrons. The van der Waals surface area contributed by atoms with E-state index in [1.165, 1.54) is 0 Å². The highest BCUT2D eigenvalue weighted by Gasteiger charge is 2.28. The average molecular weight is 256 g/mol. The van der Waals surface area contributed by atoms with E-state index < -0.39 is 5.92 Å². The Balaban J connectivity index is 2.53. The summed E-state index contributed by atoms with van der Waals surface area (Å²) < 4.78 is 0. The topological polar surface area (TPSA) is 82.2 Å². The highest BCUT2D eigenvalue weighted by Crippen LogP contribution is 2.11. The maximum atomic E-state index is 12.2. The van der Waals surface area contributed by atoms with Crippen LogP contribution in [0.2, 0.25) is 0 Å². The summed E-state index contributed by atoms with van der Waals surface area (Å²) in [5.41, 5.74) is 5.55. The van der Waals surface area contributed by atoms with Crippen molar-refractivity contribution >= 4 is 11.7 Å². The van der Waals surface area contributed by atoms with Gasteiger partial charge in [0.25, 0.3) is 0 Å². The second-order valence-corrected chi connectivity index (χ2v) is 4.65. The third kappa shape index (κ3) is 3.60. The molecule has 1 rings (SSSR count). The number of nitrogens with zero attached hydrogens (tertiary/aromatic N) is 3. The summed E-state index contributed by atoms with van der Waals surface area (Å²) in [6, 6.07) is 0. The summed E-state index contributed by atoms with van der Waals surface area (Å²) in [6.07, 6.45) is 1.69. The lowest BCUT2D eigenvalue weighted by Gasteiger charge is -2.36. The Morgan fingerprint density at radius 1 is 1.33 bits per heavy atom. The molecule has 6 heteroatoms. The van der Waals surface area contributed by atoms with Crippen LogP contribution in [0.3, 0.4) is 0 Å². The molecule has 1 atom stereocenters. The van der Waals surface area contributed by atoms with Crippen LogP contribution in [0.15, 0.2) is 5.16 Å². The number of piperazine rings is 1. The largest absolute Gasteiger partial charge is 0.409 e. The first kappa shape index (κ1) is 14.8. The van der Waals surface area contributed by atoms with E-state index in [1.54, 1.807) is 0 Å². The molecular formula is C12H24N4O2. The van der Waals surface area contributed by atoms with Crippen molar-refractivity contribution in [2.45, 2.75) is 26.7 Å². The lowest BCUT2D eigenvalue weighted by Crippen LogP contribution is -2.52. The zero-order valence-corrected chi connectivity index (χ0v) is 11.3. The summed E-state index contributed by atoms with van der Waals surface area (Å²) in [7, 11) is 0. The molecule has 0 saturated carbocycles. The molecule has 6 nitrogen and oxygen atoms in total. The smallest absolute Gasteiger partial charge is 0.233 e. The number of carbonyl (C=O) groups excluding carboxylic acids is 1. The molecule has 1 amide bonds. The van der Waals surface area contributed by atoms with Gasteiger partial charge in [0.05, 0.1) is 5.92 Å². The first-order valence-electron chi connectivity index (χ1n) is 6.62. The number of carbonyl (C=O) groups is 1. The third-order valence-corrected chi connectivity index (χ3v) is 3.40. The minimum absolute atomic E-state index is 0.0125. The zero-order chi connectivity index (χ0) is 13.5. The van der Waals surface area contributed by atoms with Crippen molar-refractivity contribution in [2.24, 2.45) is 16.8 Å². The molecule has 1 aliphatic rings. The normalized spacial score (nSPS) is 19.9. The van der Waals surface area contributed by atoms with Crippen molar-refractivity contribution in [3.63, 3.8) is 0 Å². The number of rotatable bonds is 5. The average Bonchev–Trinajstić information content (AvgIpc) is 2.40. The summed E-state index contributed by atoms with van der Waals surface area (Å²) in [5, 5.41) is 11.6. The Morgan fingerprint density at radius 3 is 2.39 bits per heavy atom. The number of amides is 1. The van der Waals surface area contributed by atoms with Gasteiger partial charge in [-0.15, -0.1) is 0 Å². The van der Waals surface area contributed by atoms with Gasteiger partial charge in [0, 0.05) is 26.2 Å². The van der Waals surface area contributed by atoms with Crippen LogP contribution in [0, 0.1) is 5.92 Å². The van der Waals surface area contributed by atoms with Gasteiger partial charge in [0.15, 0.2) is 5.84 Å². The molecule has 1 saturated heterocycles. The molecule has 3 N–H and O–H groups in total. The molecule has 1 fully saturated rings. The second-order valence-electron chi connectivity index (χ2n) is 4.65. The highest BCUT2D eigenvalue weighted by atomic mass is 16.4. The van der Waals surface area contributed by atoms with Gasteiger partial charge >= 0.3 is 0 Å². The molecule has 0 radical (unpaired) electrons. The van der Waals surface area contributed by atoms with Crippen molar-refractivity contribution in [3.8, 4) is 0 Å². The second kappa shape index (κ2) is 7.20. The van der Waals surface area contributed by atoms with Crippen LogP contribution in [0.25, 0.3) is 0 Å². The van der Waals surface area contributed by atoms with E-state index in [0.29, 0.717) is 6.42 Å². The lowest BCUT2D eigenvalue weighted by atomic mass is 10.0. The number of nitrogens with two attached hydrogens (primary N) is 1. The fourth-order valence-corrected chi connectivity index (χ4v) is 2.31. The van der Waals surface area contributed by atoms with E-state index >= 15 is 0 Å². The van der Waals surface area contributed by atoms with Gasteiger partial charge in [0.2, 0.25) is 5.91 Å². The van der Waals surface area contributed by atoms with Crippen molar-refractivity contribution < 1.29 is 10.0 Å². The molecule has 0 aromatic heterocycles. The van der Waals surface area contributed by atoms with Crippen molar-refractivity contribution in [1.82, 2.24) is 9.80 Å². The summed E-state index contributed by atoms with van der Waals surface area (Å²) >= 11 is 0. The predicted molar refractivity (Wildman–Crippen MR) is 70.5 cm³/mol. The van der Waals surface area contributed by atoms with Gasteiger partial charge < -0.3 is 15.8 Å². The van der Waals surface area contributed by atoms with Gasteiger partial charge in [-0.05, 0) is 19.4 Å². The van der Waals surface area contributed by atoms with Crippen LogP contribution in [0.5, 0.6) is 0 Å². The number of oxime groups is 1. The quantitative estimate of drug-likeness (QED) is 0.321. The minimum Gasteiger partial charge on any atom is -0.409 e. The summed E-state index contributed by atoms with van der Waals surface area (Å²) in [4.78, 5) is 16.4. The molecule has 0 aliphatic carbocycles. The Bertz CT molecular complexity index is 298. The van der Waals surface area contributed by atoms with E-state index in [9.17, 15) is 4.79 Å². The monoisotopic (exact) mass is 256 g/mol. The van der Waals surface area contributed by atoms with Crippen molar-refractivity contribution in [2.75, 3.05) is 32.7 Å². The summed E-state index contributed by atoms with van der Waals surface area (Å²) in [6.45, 7) is 8.39. The molecule has 0 aromatic rings. The maximum Gasteiger partial charge on any atom is 0.233 e. The molecule has 1 heterocycles. The Kier molecular flexibility index (Phi) is 5.91. The molecule has 1 aliphatic heterocycles. The number of hydrogen-bond acceptors (Lipinski definition) is 4. The van der Waals surface area contributed by atoms with E-state index in [-0.39, 0.29) is 11.7 Å². The first-order chi connectivity index (χ1) is 8.63. The SMILES string of the molecule is CCCN1CCN(C(=O)C(CC)/C(N)=N/O)CC1. The number of amidine groups is 1. The van der Waals surface area contributed by atoms with Gasteiger partial charge in [-0.25, -0.2) is 0 Å². The van der Waals surface area contributed by atoms with Gasteiger partial charge in [-0.3, -0.25) is 9.69 Å².